The lowest BCUT2D eigenvalue weighted by atomic mass is 9.93. The van der Waals surface area contributed by atoms with Gasteiger partial charge in [0.2, 0.25) is 5.88 Å². The molecule has 4 heteroatoms. The molecule has 0 saturated carbocycles. The van der Waals surface area contributed by atoms with Gasteiger partial charge < -0.3 is 4.74 Å². The van der Waals surface area contributed by atoms with Gasteiger partial charge in [-0.15, -0.1) is 0 Å². The summed E-state index contributed by atoms with van der Waals surface area (Å²) in [6.45, 7) is 6.38. The van der Waals surface area contributed by atoms with Crippen molar-refractivity contribution in [3.63, 3.8) is 0 Å². The van der Waals surface area contributed by atoms with E-state index in [2.05, 4.69) is 43.3 Å². The predicted octanol–water partition coefficient (Wildman–Crippen LogP) is 2.76. The number of aryl methyl sites for hydroxylation is 3. The molecule has 1 heterocycles. The Hall–Kier alpha value is -1.91. The van der Waals surface area contributed by atoms with Crippen molar-refractivity contribution in [3.05, 3.63) is 58.3 Å². The summed E-state index contributed by atoms with van der Waals surface area (Å²) < 4.78 is 5.08. The second-order valence-corrected chi connectivity index (χ2v) is 5.43. The summed E-state index contributed by atoms with van der Waals surface area (Å²) in [7, 11) is 1.62. The number of nitrogens with zero attached hydrogens (tertiary/aromatic N) is 1. The van der Waals surface area contributed by atoms with E-state index in [-0.39, 0.29) is 6.04 Å². The molecule has 21 heavy (non-hydrogen) atoms. The molecule has 0 aliphatic carbocycles. The molecule has 2 aromatic rings. The Morgan fingerprint density at radius 3 is 2.43 bits per heavy atom. The first-order valence-electron chi connectivity index (χ1n) is 7.08. The number of aromatic nitrogens is 1. The Labute approximate surface area is 126 Å². The summed E-state index contributed by atoms with van der Waals surface area (Å²) in [4.78, 5) is 4.24. The largest absolute Gasteiger partial charge is 0.481 e. The second kappa shape index (κ2) is 6.70. The maximum absolute atomic E-state index is 5.77. The summed E-state index contributed by atoms with van der Waals surface area (Å²) in [5.41, 5.74) is 9.12. The zero-order valence-electron chi connectivity index (χ0n) is 13.1. The van der Waals surface area contributed by atoms with Gasteiger partial charge in [0.25, 0.3) is 0 Å². The molecule has 0 aliphatic rings. The van der Waals surface area contributed by atoms with E-state index >= 15 is 0 Å². The van der Waals surface area contributed by atoms with Crippen LogP contribution in [0.4, 0.5) is 0 Å². The van der Waals surface area contributed by atoms with Crippen LogP contribution in [0.25, 0.3) is 0 Å². The lowest BCUT2D eigenvalue weighted by Gasteiger charge is -2.20. The van der Waals surface area contributed by atoms with Gasteiger partial charge in [-0.05, 0) is 55.0 Å². The maximum Gasteiger partial charge on any atom is 0.212 e. The van der Waals surface area contributed by atoms with Gasteiger partial charge in [-0.1, -0.05) is 18.2 Å². The molecule has 2 rings (SSSR count). The van der Waals surface area contributed by atoms with E-state index in [1.807, 2.05) is 18.3 Å². The van der Waals surface area contributed by atoms with Gasteiger partial charge in [0, 0.05) is 12.3 Å². The highest BCUT2D eigenvalue weighted by Gasteiger charge is 2.14. The van der Waals surface area contributed by atoms with Crippen LogP contribution in [-0.4, -0.2) is 12.1 Å². The SMILES string of the molecule is COc1ccc(CC(NN)c2cc(C)c(C)cc2C)cn1. The molecule has 1 atom stereocenters. The highest BCUT2D eigenvalue weighted by Crippen LogP contribution is 2.24. The molecule has 0 aliphatic heterocycles. The molecule has 0 bridgehead atoms. The smallest absolute Gasteiger partial charge is 0.212 e. The molecular weight excluding hydrogens is 262 g/mol. The molecule has 1 unspecified atom stereocenters. The minimum absolute atomic E-state index is 0.0690. The molecule has 0 fully saturated rings. The molecule has 0 radical (unpaired) electrons. The average molecular weight is 285 g/mol. The summed E-state index contributed by atoms with van der Waals surface area (Å²) >= 11 is 0. The third-order valence-corrected chi connectivity index (χ3v) is 3.91. The van der Waals surface area contributed by atoms with E-state index in [9.17, 15) is 0 Å². The van der Waals surface area contributed by atoms with Crippen LogP contribution in [0.3, 0.4) is 0 Å². The van der Waals surface area contributed by atoms with E-state index in [1.54, 1.807) is 7.11 Å². The minimum Gasteiger partial charge on any atom is -0.481 e. The number of hydrazine groups is 1. The average Bonchev–Trinajstić information content (AvgIpc) is 2.49. The van der Waals surface area contributed by atoms with Gasteiger partial charge in [0.15, 0.2) is 0 Å². The summed E-state index contributed by atoms with van der Waals surface area (Å²) in [6, 6.07) is 8.38. The number of ether oxygens (including phenoxy) is 1. The van der Waals surface area contributed by atoms with Gasteiger partial charge in [0.1, 0.15) is 0 Å². The lowest BCUT2D eigenvalue weighted by Crippen LogP contribution is -2.30. The Balaban J connectivity index is 2.25. The first kappa shape index (κ1) is 15.5. The molecule has 1 aromatic carbocycles. The van der Waals surface area contributed by atoms with Gasteiger partial charge in [-0.25, -0.2) is 4.98 Å². The van der Waals surface area contributed by atoms with E-state index < -0.39 is 0 Å². The molecule has 0 spiro atoms. The molecular formula is C17H23N3O. The van der Waals surface area contributed by atoms with Crippen molar-refractivity contribution in [2.24, 2.45) is 5.84 Å². The van der Waals surface area contributed by atoms with E-state index in [4.69, 9.17) is 10.6 Å². The van der Waals surface area contributed by atoms with Crippen molar-refractivity contribution in [1.29, 1.82) is 0 Å². The summed E-state index contributed by atoms with van der Waals surface area (Å²) in [5.74, 6) is 6.39. The quantitative estimate of drug-likeness (QED) is 0.655. The third kappa shape index (κ3) is 3.60. The minimum atomic E-state index is 0.0690. The fourth-order valence-electron chi connectivity index (χ4n) is 2.51. The van der Waals surface area contributed by atoms with Gasteiger partial charge in [-0.2, -0.15) is 0 Å². The molecule has 1 aromatic heterocycles. The Morgan fingerprint density at radius 2 is 1.86 bits per heavy atom. The number of hydrogen-bond acceptors (Lipinski definition) is 4. The standard InChI is InChI=1S/C17H23N3O/c1-11-7-13(3)15(8-12(11)2)16(20-18)9-14-5-6-17(21-4)19-10-14/h5-8,10,16,20H,9,18H2,1-4H3. The van der Waals surface area contributed by atoms with Crippen LogP contribution in [0.2, 0.25) is 0 Å². The molecule has 0 amide bonds. The number of benzene rings is 1. The first-order chi connectivity index (χ1) is 10.0. The summed E-state index contributed by atoms with van der Waals surface area (Å²) in [6.07, 6.45) is 2.62. The van der Waals surface area contributed by atoms with Crippen LogP contribution < -0.4 is 16.0 Å². The fourth-order valence-corrected chi connectivity index (χ4v) is 2.51. The fraction of sp³-hybridized carbons (Fsp3) is 0.353. The van der Waals surface area contributed by atoms with Crippen LogP contribution in [-0.2, 0) is 6.42 Å². The van der Waals surface area contributed by atoms with E-state index in [0.29, 0.717) is 5.88 Å². The highest BCUT2D eigenvalue weighted by atomic mass is 16.5. The Morgan fingerprint density at radius 1 is 1.14 bits per heavy atom. The van der Waals surface area contributed by atoms with Crippen molar-refractivity contribution < 1.29 is 4.74 Å². The number of nitrogens with two attached hydrogens (primary N) is 1. The Bertz CT molecular complexity index is 608. The van der Waals surface area contributed by atoms with Crippen molar-refractivity contribution in [2.45, 2.75) is 33.2 Å². The van der Waals surface area contributed by atoms with E-state index in [0.717, 1.165) is 12.0 Å². The van der Waals surface area contributed by atoms with E-state index in [1.165, 1.54) is 22.3 Å². The van der Waals surface area contributed by atoms with Crippen molar-refractivity contribution >= 4 is 0 Å². The Kier molecular flexibility index (Phi) is 4.94. The van der Waals surface area contributed by atoms with Crippen LogP contribution in [0.15, 0.2) is 30.5 Å². The zero-order chi connectivity index (χ0) is 15.4. The number of methoxy groups -OCH3 is 1. The van der Waals surface area contributed by atoms with Gasteiger partial charge in [-0.3, -0.25) is 11.3 Å². The van der Waals surface area contributed by atoms with Crippen LogP contribution in [0.5, 0.6) is 5.88 Å². The second-order valence-electron chi connectivity index (χ2n) is 5.43. The molecule has 0 saturated heterocycles. The maximum atomic E-state index is 5.77. The van der Waals surface area contributed by atoms with Crippen LogP contribution in [0.1, 0.15) is 33.9 Å². The monoisotopic (exact) mass is 285 g/mol. The van der Waals surface area contributed by atoms with Crippen molar-refractivity contribution in [3.8, 4) is 5.88 Å². The van der Waals surface area contributed by atoms with Crippen molar-refractivity contribution in [1.82, 2.24) is 10.4 Å². The highest BCUT2D eigenvalue weighted by molar-refractivity contribution is 5.39. The summed E-state index contributed by atoms with van der Waals surface area (Å²) in [5, 5.41) is 0. The number of hydrogen-bond donors (Lipinski definition) is 2. The molecule has 112 valence electrons. The van der Waals surface area contributed by atoms with Crippen LogP contribution in [0, 0.1) is 20.8 Å². The number of pyridine rings is 1. The zero-order valence-corrected chi connectivity index (χ0v) is 13.1. The molecule has 4 nitrogen and oxygen atoms in total. The number of rotatable bonds is 5. The third-order valence-electron chi connectivity index (χ3n) is 3.91. The lowest BCUT2D eigenvalue weighted by molar-refractivity contribution is 0.397. The van der Waals surface area contributed by atoms with Gasteiger partial charge >= 0.3 is 0 Å². The van der Waals surface area contributed by atoms with Crippen molar-refractivity contribution in [2.75, 3.05) is 7.11 Å². The first-order valence-corrected chi connectivity index (χ1v) is 7.08. The topological polar surface area (TPSA) is 60.2 Å². The predicted molar refractivity (Wildman–Crippen MR) is 85.2 cm³/mol. The molecule has 3 N–H and O–H groups in total. The normalized spacial score (nSPS) is 12.2. The number of nitrogens with one attached hydrogen (secondary N) is 1. The van der Waals surface area contributed by atoms with Gasteiger partial charge in [0.05, 0.1) is 13.2 Å². The van der Waals surface area contributed by atoms with Crippen LogP contribution >= 0.6 is 0 Å².